The molecule has 1 aliphatic rings. The zero-order valence-electron chi connectivity index (χ0n) is 11.4. The van der Waals surface area contributed by atoms with Crippen LogP contribution in [0.4, 0.5) is 0 Å². The highest BCUT2D eigenvalue weighted by atomic mass is 16.5. The number of carbonyl (C=O) groups excluding carboxylic acids is 2. The maximum Gasteiger partial charge on any atom is 0.262 e. The van der Waals surface area contributed by atoms with Gasteiger partial charge in [0, 0.05) is 20.2 Å². The van der Waals surface area contributed by atoms with Crippen LogP contribution in [-0.4, -0.2) is 66.8 Å². The first kappa shape index (κ1) is 14.6. The molecule has 1 N–H and O–H groups in total. The molecule has 0 saturated carbocycles. The molecule has 2 rings (SSSR count). The molecule has 2 amide bonds. The zero-order valence-corrected chi connectivity index (χ0v) is 11.4. The van der Waals surface area contributed by atoms with E-state index in [1.54, 1.807) is 31.4 Å². The number of imide groups is 1. The van der Waals surface area contributed by atoms with Crippen molar-refractivity contribution in [3.63, 3.8) is 0 Å². The van der Waals surface area contributed by atoms with Crippen molar-refractivity contribution in [2.45, 2.75) is 0 Å². The van der Waals surface area contributed by atoms with Crippen LogP contribution in [0, 0.1) is 0 Å². The number of hydrogen-bond acceptors (Lipinski definition) is 5. The standard InChI is InChI=1S/C14H18N2O4/c1-20-9-7-15(6-8-17)10-16-13(18)11-4-2-3-5-12(11)14(16)19/h2-5,17H,6-10H2,1H3. The first-order valence-corrected chi connectivity index (χ1v) is 6.46. The van der Waals surface area contributed by atoms with Gasteiger partial charge in [-0.1, -0.05) is 12.1 Å². The van der Waals surface area contributed by atoms with Gasteiger partial charge in [-0.2, -0.15) is 0 Å². The Morgan fingerprint density at radius 2 is 1.75 bits per heavy atom. The summed E-state index contributed by atoms with van der Waals surface area (Å²) in [5.41, 5.74) is 0.876. The Morgan fingerprint density at radius 1 is 1.15 bits per heavy atom. The van der Waals surface area contributed by atoms with Crippen LogP contribution < -0.4 is 0 Å². The molecular formula is C14H18N2O4. The van der Waals surface area contributed by atoms with E-state index in [-0.39, 0.29) is 25.1 Å². The highest BCUT2D eigenvalue weighted by Crippen LogP contribution is 2.22. The third-order valence-corrected chi connectivity index (χ3v) is 3.25. The Labute approximate surface area is 117 Å². The summed E-state index contributed by atoms with van der Waals surface area (Å²) >= 11 is 0. The highest BCUT2D eigenvalue weighted by molar-refractivity contribution is 6.21. The molecule has 1 aliphatic heterocycles. The molecular weight excluding hydrogens is 260 g/mol. The quantitative estimate of drug-likeness (QED) is 0.721. The number of aliphatic hydroxyl groups is 1. The van der Waals surface area contributed by atoms with Crippen molar-refractivity contribution in [3.05, 3.63) is 35.4 Å². The first-order chi connectivity index (χ1) is 9.69. The van der Waals surface area contributed by atoms with Gasteiger partial charge in [0.1, 0.15) is 0 Å². The monoisotopic (exact) mass is 278 g/mol. The predicted molar refractivity (Wildman–Crippen MR) is 72.3 cm³/mol. The van der Waals surface area contributed by atoms with Crippen LogP contribution in [0.3, 0.4) is 0 Å². The molecule has 1 aromatic rings. The normalized spacial score (nSPS) is 14.2. The van der Waals surface area contributed by atoms with E-state index in [0.717, 1.165) is 0 Å². The number of rotatable bonds is 7. The largest absolute Gasteiger partial charge is 0.395 e. The van der Waals surface area contributed by atoms with Crippen molar-refractivity contribution in [1.82, 2.24) is 9.80 Å². The Bertz CT molecular complexity index is 469. The summed E-state index contributed by atoms with van der Waals surface area (Å²) in [6.45, 7) is 1.54. The van der Waals surface area contributed by atoms with Gasteiger partial charge in [0.2, 0.25) is 0 Å². The summed E-state index contributed by atoms with van der Waals surface area (Å²) in [5, 5.41) is 9.04. The van der Waals surface area contributed by atoms with Gasteiger partial charge in [-0.25, -0.2) is 0 Å². The topological polar surface area (TPSA) is 70.1 Å². The van der Waals surface area contributed by atoms with Gasteiger partial charge in [-0.05, 0) is 12.1 Å². The van der Waals surface area contributed by atoms with Crippen molar-refractivity contribution in [1.29, 1.82) is 0 Å². The third-order valence-electron chi connectivity index (χ3n) is 3.25. The number of fused-ring (bicyclic) bond motifs is 1. The molecule has 0 aromatic heterocycles. The van der Waals surface area contributed by atoms with Crippen molar-refractivity contribution in [3.8, 4) is 0 Å². The minimum Gasteiger partial charge on any atom is -0.395 e. The maximum atomic E-state index is 12.2. The average molecular weight is 278 g/mol. The summed E-state index contributed by atoms with van der Waals surface area (Å²) in [6.07, 6.45) is 0. The van der Waals surface area contributed by atoms with Crippen LogP contribution in [-0.2, 0) is 4.74 Å². The molecule has 1 heterocycles. The van der Waals surface area contributed by atoms with E-state index in [9.17, 15) is 9.59 Å². The van der Waals surface area contributed by atoms with Gasteiger partial charge >= 0.3 is 0 Å². The minimum atomic E-state index is -0.286. The van der Waals surface area contributed by atoms with Gasteiger partial charge in [-0.3, -0.25) is 19.4 Å². The molecule has 6 nitrogen and oxygen atoms in total. The van der Waals surface area contributed by atoms with Crippen LogP contribution >= 0.6 is 0 Å². The van der Waals surface area contributed by atoms with E-state index in [4.69, 9.17) is 9.84 Å². The van der Waals surface area contributed by atoms with Gasteiger partial charge in [-0.15, -0.1) is 0 Å². The van der Waals surface area contributed by atoms with Gasteiger partial charge in [0.15, 0.2) is 0 Å². The summed E-state index contributed by atoms with van der Waals surface area (Å²) < 4.78 is 4.99. The second-order valence-electron chi connectivity index (χ2n) is 4.56. The van der Waals surface area contributed by atoms with E-state index in [1.807, 2.05) is 4.90 Å². The van der Waals surface area contributed by atoms with E-state index >= 15 is 0 Å². The number of aliphatic hydroxyl groups excluding tert-OH is 1. The van der Waals surface area contributed by atoms with Gasteiger partial charge in [0.25, 0.3) is 11.8 Å². The fraction of sp³-hybridized carbons (Fsp3) is 0.429. The highest BCUT2D eigenvalue weighted by Gasteiger charge is 2.35. The molecule has 0 saturated heterocycles. The lowest BCUT2D eigenvalue weighted by Crippen LogP contribution is -2.43. The molecule has 0 spiro atoms. The third kappa shape index (κ3) is 2.87. The predicted octanol–water partition coefficient (Wildman–Crippen LogP) is 0.181. The molecule has 0 atom stereocenters. The van der Waals surface area contributed by atoms with Crippen LogP contribution in [0.2, 0.25) is 0 Å². The number of methoxy groups -OCH3 is 1. The lowest BCUT2D eigenvalue weighted by Gasteiger charge is -2.25. The van der Waals surface area contributed by atoms with Crippen molar-refractivity contribution >= 4 is 11.8 Å². The number of benzene rings is 1. The van der Waals surface area contributed by atoms with Crippen LogP contribution in [0.25, 0.3) is 0 Å². The van der Waals surface area contributed by atoms with Crippen molar-refractivity contribution in [2.75, 3.05) is 40.1 Å². The Balaban J connectivity index is 2.10. The number of ether oxygens (including phenoxy) is 1. The first-order valence-electron chi connectivity index (χ1n) is 6.46. The van der Waals surface area contributed by atoms with Crippen LogP contribution in [0.5, 0.6) is 0 Å². The molecule has 6 heteroatoms. The fourth-order valence-corrected chi connectivity index (χ4v) is 2.18. The molecule has 0 radical (unpaired) electrons. The average Bonchev–Trinajstić information content (AvgIpc) is 2.70. The van der Waals surface area contributed by atoms with Crippen LogP contribution in [0.15, 0.2) is 24.3 Å². The van der Waals surface area contributed by atoms with Crippen molar-refractivity contribution in [2.24, 2.45) is 0 Å². The number of carbonyl (C=O) groups is 2. The van der Waals surface area contributed by atoms with E-state index in [0.29, 0.717) is 30.8 Å². The SMILES string of the molecule is COCCN(CCO)CN1C(=O)c2ccccc2C1=O. The summed E-state index contributed by atoms with van der Waals surface area (Å²) in [6, 6.07) is 6.79. The van der Waals surface area contributed by atoms with Gasteiger partial charge < -0.3 is 9.84 Å². The second-order valence-corrected chi connectivity index (χ2v) is 4.56. The molecule has 0 bridgehead atoms. The summed E-state index contributed by atoms with van der Waals surface area (Å²) in [4.78, 5) is 27.4. The smallest absolute Gasteiger partial charge is 0.262 e. The molecule has 0 fully saturated rings. The van der Waals surface area contributed by atoms with E-state index in [2.05, 4.69) is 0 Å². The number of hydrogen-bond donors (Lipinski definition) is 1. The molecule has 0 aliphatic carbocycles. The van der Waals surface area contributed by atoms with E-state index < -0.39 is 0 Å². The van der Waals surface area contributed by atoms with E-state index in [1.165, 1.54) is 4.90 Å². The molecule has 1 aromatic carbocycles. The van der Waals surface area contributed by atoms with Gasteiger partial charge in [0.05, 0.1) is 31.0 Å². The fourth-order valence-electron chi connectivity index (χ4n) is 2.18. The number of amides is 2. The molecule has 0 unspecified atom stereocenters. The summed E-state index contributed by atoms with van der Waals surface area (Å²) in [5.74, 6) is -0.572. The van der Waals surface area contributed by atoms with Crippen molar-refractivity contribution < 1.29 is 19.4 Å². The van der Waals surface area contributed by atoms with Crippen LogP contribution in [0.1, 0.15) is 20.7 Å². The lowest BCUT2D eigenvalue weighted by atomic mass is 10.1. The molecule has 20 heavy (non-hydrogen) atoms. The summed E-state index contributed by atoms with van der Waals surface area (Å²) in [7, 11) is 1.58. The zero-order chi connectivity index (χ0) is 14.5. The minimum absolute atomic E-state index is 0.0348. The lowest BCUT2D eigenvalue weighted by molar-refractivity contribution is 0.0473. The Kier molecular flexibility index (Phi) is 4.84. The Hall–Kier alpha value is -1.76. The Morgan fingerprint density at radius 3 is 2.25 bits per heavy atom. The molecule has 108 valence electrons. The maximum absolute atomic E-state index is 12.2. The second kappa shape index (κ2) is 6.60. The number of nitrogens with zero attached hydrogens (tertiary/aromatic N) is 2.